The van der Waals surface area contributed by atoms with Crippen LogP contribution in [0.5, 0.6) is 5.75 Å². The Bertz CT molecular complexity index is 1730. The van der Waals surface area contributed by atoms with Crippen LogP contribution in [0.25, 0.3) is 33.0 Å². The average Bonchev–Trinajstić information content (AvgIpc) is 2.83. The number of benzene rings is 3. The molecule has 5 aromatic rings. The molecule has 0 amide bonds. The van der Waals surface area contributed by atoms with Crippen molar-refractivity contribution in [3.8, 4) is 16.9 Å². The van der Waals surface area contributed by atoms with E-state index in [1.165, 1.54) is 6.07 Å². The summed E-state index contributed by atoms with van der Waals surface area (Å²) in [6.07, 6.45) is 0.0399. The molecule has 34 heavy (non-hydrogen) atoms. The highest BCUT2D eigenvalue weighted by molar-refractivity contribution is 6.01. The SMILES string of the molecule is Cc1cc2oc(=O)cc(-c3ccccc3)c2c2c1[C@@H](c1cc3ccccc3[nH]c1=O)CC(=O)O2. The number of carbonyl (C=O) groups excluding carboxylic acids is 1. The second-order valence-electron chi connectivity index (χ2n) is 8.53. The van der Waals surface area contributed by atoms with Crippen LogP contribution in [0, 0.1) is 6.92 Å². The lowest BCUT2D eigenvalue weighted by Crippen LogP contribution is -2.26. The summed E-state index contributed by atoms with van der Waals surface area (Å²) in [4.78, 5) is 41.2. The van der Waals surface area contributed by atoms with E-state index in [-0.39, 0.29) is 12.0 Å². The molecule has 3 aromatic carbocycles. The summed E-state index contributed by atoms with van der Waals surface area (Å²) >= 11 is 0. The predicted molar refractivity (Wildman–Crippen MR) is 129 cm³/mol. The van der Waals surface area contributed by atoms with E-state index in [1.54, 1.807) is 6.07 Å². The van der Waals surface area contributed by atoms with Gasteiger partial charge in [-0.15, -0.1) is 0 Å². The van der Waals surface area contributed by atoms with E-state index in [9.17, 15) is 14.4 Å². The molecule has 6 nitrogen and oxygen atoms in total. The number of ether oxygens (including phenoxy) is 1. The van der Waals surface area contributed by atoms with Crippen LogP contribution in [-0.2, 0) is 4.79 Å². The molecule has 0 saturated heterocycles. The zero-order chi connectivity index (χ0) is 23.4. The van der Waals surface area contributed by atoms with Crippen molar-refractivity contribution in [1.29, 1.82) is 0 Å². The molecule has 6 rings (SSSR count). The van der Waals surface area contributed by atoms with E-state index in [1.807, 2.05) is 67.6 Å². The van der Waals surface area contributed by atoms with Gasteiger partial charge in [0.1, 0.15) is 11.3 Å². The summed E-state index contributed by atoms with van der Waals surface area (Å²) in [7, 11) is 0. The van der Waals surface area contributed by atoms with Gasteiger partial charge in [0.05, 0.1) is 11.8 Å². The van der Waals surface area contributed by atoms with Gasteiger partial charge in [0.25, 0.3) is 5.56 Å². The maximum absolute atomic E-state index is 13.1. The Morgan fingerprint density at radius 1 is 0.912 bits per heavy atom. The molecule has 0 bridgehead atoms. The Morgan fingerprint density at radius 3 is 2.50 bits per heavy atom. The fourth-order valence-electron chi connectivity index (χ4n) is 4.93. The van der Waals surface area contributed by atoms with Crippen LogP contribution in [0.15, 0.2) is 86.8 Å². The van der Waals surface area contributed by atoms with Gasteiger partial charge < -0.3 is 14.1 Å². The topological polar surface area (TPSA) is 89.4 Å². The largest absolute Gasteiger partial charge is 0.425 e. The number of H-pyrrole nitrogens is 1. The minimum absolute atomic E-state index is 0.0399. The number of hydrogen-bond donors (Lipinski definition) is 1. The Morgan fingerprint density at radius 2 is 1.68 bits per heavy atom. The summed E-state index contributed by atoms with van der Waals surface area (Å²) in [6, 6.07) is 22.0. The smallest absolute Gasteiger partial charge is 0.336 e. The number of fused-ring (bicyclic) bond motifs is 4. The fourth-order valence-corrected chi connectivity index (χ4v) is 4.93. The van der Waals surface area contributed by atoms with E-state index in [4.69, 9.17) is 9.15 Å². The summed E-state index contributed by atoms with van der Waals surface area (Å²) in [5.74, 6) is -0.599. The van der Waals surface area contributed by atoms with Crippen molar-refractivity contribution in [2.45, 2.75) is 19.3 Å². The molecule has 0 saturated carbocycles. The number of rotatable bonds is 2. The van der Waals surface area contributed by atoms with Crippen molar-refractivity contribution in [1.82, 2.24) is 4.98 Å². The van der Waals surface area contributed by atoms with Gasteiger partial charge in [0.2, 0.25) is 0 Å². The number of esters is 1. The minimum Gasteiger partial charge on any atom is -0.425 e. The lowest BCUT2D eigenvalue weighted by atomic mass is 9.82. The molecule has 0 fully saturated rings. The van der Waals surface area contributed by atoms with Gasteiger partial charge in [-0.2, -0.15) is 0 Å². The number of nitrogens with one attached hydrogen (secondary N) is 1. The molecule has 0 aliphatic carbocycles. The first kappa shape index (κ1) is 20.2. The maximum atomic E-state index is 13.1. The Hall–Kier alpha value is -4.45. The van der Waals surface area contributed by atoms with E-state index < -0.39 is 17.5 Å². The Kier molecular flexibility index (Phi) is 4.48. The van der Waals surface area contributed by atoms with E-state index in [0.717, 1.165) is 27.6 Å². The molecule has 166 valence electrons. The molecule has 2 aromatic heterocycles. The number of aryl methyl sites for hydroxylation is 1. The van der Waals surface area contributed by atoms with Crippen LogP contribution < -0.4 is 15.9 Å². The normalized spacial score (nSPS) is 15.3. The number of aromatic amines is 1. The summed E-state index contributed by atoms with van der Waals surface area (Å²) in [5.41, 5.74) is 3.78. The van der Waals surface area contributed by atoms with Crippen LogP contribution in [0.2, 0.25) is 0 Å². The molecule has 1 N–H and O–H groups in total. The third-order valence-corrected chi connectivity index (χ3v) is 6.41. The van der Waals surface area contributed by atoms with Gasteiger partial charge in [-0.3, -0.25) is 9.59 Å². The second-order valence-corrected chi connectivity index (χ2v) is 8.53. The molecular formula is C28H19NO5. The van der Waals surface area contributed by atoms with Crippen LogP contribution in [0.3, 0.4) is 0 Å². The molecule has 1 aliphatic heterocycles. The lowest BCUT2D eigenvalue weighted by molar-refractivity contribution is -0.135. The minimum atomic E-state index is -0.496. The molecule has 0 unspecified atom stereocenters. The highest BCUT2D eigenvalue weighted by Crippen LogP contribution is 2.46. The van der Waals surface area contributed by atoms with E-state index in [0.29, 0.717) is 27.8 Å². The summed E-state index contributed by atoms with van der Waals surface area (Å²) in [5, 5.41) is 1.42. The number of para-hydroxylation sites is 1. The molecule has 3 heterocycles. The first-order valence-corrected chi connectivity index (χ1v) is 11.0. The van der Waals surface area contributed by atoms with Crippen molar-refractivity contribution in [3.05, 3.63) is 110 Å². The van der Waals surface area contributed by atoms with Crippen molar-refractivity contribution in [2.24, 2.45) is 0 Å². The monoisotopic (exact) mass is 449 g/mol. The standard InChI is InChI=1S/C28H19NO5/c1-15-11-22-26(18(13-23(30)33-22)16-7-3-2-4-8-16)27-25(15)19(14-24(31)34-27)20-12-17-9-5-6-10-21(17)29-28(20)32/h2-13,19H,14H2,1H3,(H,29,32)/t19-/m1/s1. The van der Waals surface area contributed by atoms with Crippen molar-refractivity contribution in [2.75, 3.05) is 0 Å². The lowest BCUT2D eigenvalue weighted by Gasteiger charge is -2.28. The zero-order valence-corrected chi connectivity index (χ0v) is 18.3. The molecule has 1 atom stereocenters. The van der Waals surface area contributed by atoms with Gasteiger partial charge in [0, 0.05) is 34.2 Å². The van der Waals surface area contributed by atoms with Crippen molar-refractivity contribution < 1.29 is 13.9 Å². The summed E-state index contributed by atoms with van der Waals surface area (Å²) < 4.78 is 11.3. The van der Waals surface area contributed by atoms with Gasteiger partial charge in [0.15, 0.2) is 0 Å². The first-order valence-electron chi connectivity index (χ1n) is 11.0. The van der Waals surface area contributed by atoms with Crippen molar-refractivity contribution in [3.63, 3.8) is 0 Å². The number of carbonyl (C=O) groups is 1. The molecule has 1 aliphatic rings. The second kappa shape index (κ2) is 7.56. The summed E-state index contributed by atoms with van der Waals surface area (Å²) in [6.45, 7) is 1.87. The Balaban J connectivity index is 1.68. The molecule has 0 radical (unpaired) electrons. The predicted octanol–water partition coefficient (Wildman–Crippen LogP) is 5.05. The van der Waals surface area contributed by atoms with Crippen LogP contribution in [0.4, 0.5) is 0 Å². The van der Waals surface area contributed by atoms with Crippen LogP contribution in [0.1, 0.15) is 29.0 Å². The number of hydrogen-bond acceptors (Lipinski definition) is 5. The molecule has 6 heteroatoms. The zero-order valence-electron chi connectivity index (χ0n) is 18.3. The number of aromatic nitrogens is 1. The third kappa shape index (κ3) is 3.15. The highest BCUT2D eigenvalue weighted by Gasteiger charge is 2.34. The van der Waals surface area contributed by atoms with Crippen molar-refractivity contribution >= 4 is 27.8 Å². The Labute approximate surface area is 193 Å². The third-order valence-electron chi connectivity index (χ3n) is 6.41. The number of pyridine rings is 1. The van der Waals surface area contributed by atoms with E-state index in [2.05, 4.69) is 4.98 Å². The fraction of sp³-hybridized carbons (Fsp3) is 0.107. The van der Waals surface area contributed by atoms with Crippen LogP contribution >= 0.6 is 0 Å². The van der Waals surface area contributed by atoms with E-state index >= 15 is 0 Å². The molecular weight excluding hydrogens is 430 g/mol. The van der Waals surface area contributed by atoms with Gasteiger partial charge in [-0.05, 0) is 41.6 Å². The highest BCUT2D eigenvalue weighted by atomic mass is 16.5. The van der Waals surface area contributed by atoms with Gasteiger partial charge in [-0.1, -0.05) is 48.5 Å². The quantitative estimate of drug-likeness (QED) is 0.231. The maximum Gasteiger partial charge on any atom is 0.336 e. The van der Waals surface area contributed by atoms with Gasteiger partial charge >= 0.3 is 11.6 Å². The average molecular weight is 449 g/mol. The van der Waals surface area contributed by atoms with Crippen LogP contribution in [-0.4, -0.2) is 11.0 Å². The van der Waals surface area contributed by atoms with Gasteiger partial charge in [-0.25, -0.2) is 4.79 Å². The molecule has 0 spiro atoms. The first-order chi connectivity index (χ1) is 16.5.